The third-order valence-electron chi connectivity index (χ3n) is 9.33. The number of aliphatic hydroxyl groups excluding tert-OH is 2. The molecule has 0 saturated carbocycles. The van der Waals surface area contributed by atoms with Gasteiger partial charge in [-0.25, -0.2) is 0 Å². The molecule has 0 spiro atoms. The van der Waals surface area contributed by atoms with E-state index in [9.17, 15) is 19.8 Å². The number of carbonyl (C=O) groups is 2. The van der Waals surface area contributed by atoms with Gasteiger partial charge in [-0.3, -0.25) is 9.59 Å². The van der Waals surface area contributed by atoms with E-state index in [2.05, 4.69) is 20.8 Å². The first-order valence-electron chi connectivity index (χ1n) is 13.9. The standard InChI is InChI=1S/C32H48O5/c1-11-21(6)25(33)24-26(34)23(22-18-32(29(7,8)9)17-16-30(22,10)37-32)27(35)31(28(24)36,14-12-19(2)3)15-13-20(4)5/h12-13,21-22,34-35H,11,14-18H2,1-10H3/t21?,22-,30-,32+/m1/s1. The van der Waals surface area contributed by atoms with Gasteiger partial charge in [-0.2, -0.15) is 0 Å². The quantitative estimate of drug-likeness (QED) is 0.255. The van der Waals surface area contributed by atoms with Gasteiger partial charge in [0.2, 0.25) is 0 Å². The van der Waals surface area contributed by atoms with Crippen LogP contribution in [0.2, 0.25) is 0 Å². The second-order valence-electron chi connectivity index (χ2n) is 13.5. The van der Waals surface area contributed by atoms with Crippen LogP contribution < -0.4 is 0 Å². The molecule has 37 heavy (non-hydrogen) atoms. The summed E-state index contributed by atoms with van der Waals surface area (Å²) in [5.41, 5.74) is -0.258. The number of Topliss-reactive ketones (excluding diaryl/α,β-unsaturated/α-hetero) is 2. The lowest BCUT2D eigenvalue weighted by atomic mass is 9.59. The molecule has 1 unspecified atom stereocenters. The SMILES string of the molecule is CCC(C)C(=O)C1=C(O)C([C@H]2C[C@]3(C(C)(C)C)CC[C@@]2(C)O3)=C(O)C(CC=C(C)C)(CC=C(C)C)C1=O. The molecule has 0 aromatic rings. The van der Waals surface area contributed by atoms with Crippen molar-refractivity contribution >= 4 is 11.6 Å². The van der Waals surface area contributed by atoms with Crippen molar-refractivity contribution in [3.8, 4) is 0 Å². The second-order valence-corrected chi connectivity index (χ2v) is 13.5. The number of ether oxygens (including phenoxy) is 1. The Hall–Kier alpha value is -2.14. The number of hydrogen-bond acceptors (Lipinski definition) is 5. The fourth-order valence-corrected chi connectivity index (χ4v) is 6.34. The smallest absolute Gasteiger partial charge is 0.184 e. The van der Waals surface area contributed by atoms with Gasteiger partial charge in [-0.1, -0.05) is 57.9 Å². The third kappa shape index (κ3) is 4.77. The summed E-state index contributed by atoms with van der Waals surface area (Å²) < 4.78 is 6.76. The lowest BCUT2D eigenvalue weighted by Crippen LogP contribution is -2.45. The van der Waals surface area contributed by atoms with Crippen molar-refractivity contribution in [3.05, 3.63) is 46.0 Å². The number of hydrogen-bond donors (Lipinski definition) is 2. The van der Waals surface area contributed by atoms with Crippen LogP contribution in [0.4, 0.5) is 0 Å². The Kier molecular flexibility index (Phi) is 7.85. The molecule has 1 aliphatic carbocycles. The summed E-state index contributed by atoms with van der Waals surface area (Å²) in [6.07, 6.45) is 7.29. The van der Waals surface area contributed by atoms with Crippen LogP contribution in [-0.4, -0.2) is 33.0 Å². The zero-order valence-electron chi connectivity index (χ0n) is 24.7. The number of carbonyl (C=O) groups excluding carboxylic acids is 2. The molecule has 2 bridgehead atoms. The van der Waals surface area contributed by atoms with E-state index in [4.69, 9.17) is 4.74 Å². The number of fused-ring (bicyclic) bond motifs is 2. The van der Waals surface area contributed by atoms with Gasteiger partial charge < -0.3 is 14.9 Å². The Labute approximate surface area is 223 Å². The molecule has 0 amide bonds. The van der Waals surface area contributed by atoms with Gasteiger partial charge in [-0.05, 0) is 78.6 Å². The lowest BCUT2D eigenvalue weighted by Gasteiger charge is -2.42. The number of ketones is 2. The lowest BCUT2D eigenvalue weighted by molar-refractivity contribution is -0.129. The van der Waals surface area contributed by atoms with E-state index in [0.29, 0.717) is 18.4 Å². The van der Waals surface area contributed by atoms with Crippen LogP contribution in [0, 0.1) is 22.7 Å². The van der Waals surface area contributed by atoms with Gasteiger partial charge in [-0.15, -0.1) is 0 Å². The maximum absolute atomic E-state index is 14.3. The maximum Gasteiger partial charge on any atom is 0.184 e. The summed E-state index contributed by atoms with van der Waals surface area (Å²) >= 11 is 0. The molecule has 2 heterocycles. The first-order chi connectivity index (χ1) is 17.0. The van der Waals surface area contributed by atoms with Gasteiger partial charge in [0, 0.05) is 17.4 Å². The van der Waals surface area contributed by atoms with Gasteiger partial charge in [0.05, 0.1) is 16.6 Å². The minimum absolute atomic E-state index is 0.0999. The molecule has 3 aliphatic rings. The minimum Gasteiger partial charge on any atom is -0.511 e. The summed E-state index contributed by atoms with van der Waals surface area (Å²) in [4.78, 5) is 27.9. The van der Waals surface area contributed by atoms with Crippen LogP contribution in [0.3, 0.4) is 0 Å². The molecule has 3 rings (SSSR count). The zero-order valence-corrected chi connectivity index (χ0v) is 24.7. The Morgan fingerprint density at radius 1 is 1.08 bits per heavy atom. The molecule has 4 atom stereocenters. The first-order valence-corrected chi connectivity index (χ1v) is 13.9. The molecule has 5 nitrogen and oxygen atoms in total. The van der Waals surface area contributed by atoms with Gasteiger partial charge in [0.25, 0.3) is 0 Å². The van der Waals surface area contributed by atoms with E-state index in [0.717, 1.165) is 24.0 Å². The van der Waals surface area contributed by atoms with E-state index in [1.54, 1.807) is 6.92 Å². The van der Waals surface area contributed by atoms with Crippen LogP contribution >= 0.6 is 0 Å². The topological polar surface area (TPSA) is 83.8 Å². The van der Waals surface area contributed by atoms with Crippen molar-refractivity contribution in [3.63, 3.8) is 0 Å². The van der Waals surface area contributed by atoms with Crippen LogP contribution in [0.1, 0.15) is 108 Å². The molecule has 2 fully saturated rings. The zero-order chi connectivity index (χ0) is 28.1. The van der Waals surface area contributed by atoms with Crippen molar-refractivity contribution in [1.82, 2.24) is 0 Å². The maximum atomic E-state index is 14.3. The molecule has 2 N–H and O–H groups in total. The number of allylic oxidation sites excluding steroid dienone is 7. The molecule has 2 saturated heterocycles. The monoisotopic (exact) mass is 512 g/mol. The van der Waals surface area contributed by atoms with Crippen molar-refractivity contribution < 1.29 is 24.5 Å². The molecular weight excluding hydrogens is 464 g/mol. The predicted octanol–water partition coefficient (Wildman–Crippen LogP) is 7.88. The second kappa shape index (κ2) is 9.87. The van der Waals surface area contributed by atoms with E-state index in [1.807, 2.05) is 53.7 Å². The van der Waals surface area contributed by atoms with Crippen molar-refractivity contribution in [2.24, 2.45) is 22.7 Å². The van der Waals surface area contributed by atoms with Crippen LogP contribution in [0.15, 0.2) is 46.0 Å². The normalized spacial score (nSPS) is 30.0. The summed E-state index contributed by atoms with van der Waals surface area (Å²) in [6, 6.07) is 0. The van der Waals surface area contributed by atoms with Crippen LogP contribution in [0.5, 0.6) is 0 Å². The molecular formula is C32H48O5. The Bertz CT molecular complexity index is 1070. The highest BCUT2D eigenvalue weighted by Gasteiger charge is 2.66. The van der Waals surface area contributed by atoms with E-state index in [1.165, 1.54) is 0 Å². The van der Waals surface area contributed by atoms with Gasteiger partial charge in [0.15, 0.2) is 11.6 Å². The van der Waals surface area contributed by atoms with E-state index < -0.39 is 28.3 Å². The van der Waals surface area contributed by atoms with Crippen molar-refractivity contribution in [2.75, 3.05) is 0 Å². The third-order valence-corrected chi connectivity index (χ3v) is 9.33. The van der Waals surface area contributed by atoms with Crippen molar-refractivity contribution in [2.45, 2.75) is 119 Å². The Balaban J connectivity index is 2.34. The largest absolute Gasteiger partial charge is 0.511 e. The average Bonchev–Trinajstić information content (AvgIpc) is 3.30. The minimum atomic E-state index is -1.35. The van der Waals surface area contributed by atoms with Crippen LogP contribution in [0.25, 0.3) is 0 Å². The summed E-state index contributed by atoms with van der Waals surface area (Å²) in [5, 5.41) is 23.8. The van der Waals surface area contributed by atoms with Crippen molar-refractivity contribution in [1.29, 1.82) is 0 Å². The average molecular weight is 513 g/mol. The predicted molar refractivity (Wildman–Crippen MR) is 148 cm³/mol. The molecule has 0 aromatic carbocycles. The summed E-state index contributed by atoms with van der Waals surface area (Å²) in [6.45, 7) is 20.1. The molecule has 5 heteroatoms. The fourth-order valence-electron chi connectivity index (χ4n) is 6.34. The van der Waals surface area contributed by atoms with Gasteiger partial charge >= 0.3 is 0 Å². The Morgan fingerprint density at radius 3 is 2.05 bits per heavy atom. The number of aliphatic hydroxyl groups is 2. The highest BCUT2D eigenvalue weighted by Crippen LogP contribution is 2.64. The van der Waals surface area contributed by atoms with Gasteiger partial charge in [0.1, 0.15) is 17.1 Å². The molecule has 206 valence electrons. The van der Waals surface area contributed by atoms with E-state index >= 15 is 0 Å². The Morgan fingerprint density at radius 2 is 1.62 bits per heavy atom. The van der Waals surface area contributed by atoms with Crippen LogP contribution in [-0.2, 0) is 14.3 Å². The highest BCUT2D eigenvalue weighted by molar-refractivity contribution is 6.25. The van der Waals surface area contributed by atoms with E-state index in [-0.39, 0.29) is 47.0 Å². The summed E-state index contributed by atoms with van der Waals surface area (Å²) in [5.74, 6) is -2.02. The fraction of sp³-hybridized carbons (Fsp3) is 0.688. The molecule has 2 aliphatic heterocycles. The molecule has 0 radical (unpaired) electrons. The molecule has 0 aromatic heterocycles. The first kappa shape index (κ1) is 29.4. The highest BCUT2D eigenvalue weighted by atomic mass is 16.5. The summed E-state index contributed by atoms with van der Waals surface area (Å²) in [7, 11) is 0. The number of rotatable bonds is 8.